The second-order valence-corrected chi connectivity index (χ2v) is 9.07. The molecule has 0 amide bonds. The fourth-order valence-electron chi connectivity index (χ4n) is 1.03. The number of nitrogens with zero attached hydrogens (tertiary/aromatic N) is 1. The van der Waals surface area contributed by atoms with E-state index in [0.717, 1.165) is 20.7 Å². The van der Waals surface area contributed by atoms with E-state index in [4.69, 9.17) is 11.6 Å². The van der Waals surface area contributed by atoms with Gasteiger partial charge in [-0.15, -0.1) is 11.3 Å². The molecule has 0 radical (unpaired) electrons. The van der Waals surface area contributed by atoms with Gasteiger partial charge in [-0.05, 0) is 34.5 Å². The van der Waals surface area contributed by atoms with E-state index in [1.165, 1.54) is 23.6 Å². The summed E-state index contributed by atoms with van der Waals surface area (Å²) in [7, 11) is -3.59. The number of nitrogens with one attached hydrogen (secondary N) is 1. The molecule has 2 heterocycles. The molecule has 0 aliphatic heterocycles. The van der Waals surface area contributed by atoms with Gasteiger partial charge in [-0.1, -0.05) is 22.9 Å². The minimum absolute atomic E-state index is 0.186. The molecular weight excluding hydrogens is 368 g/mol. The highest BCUT2D eigenvalue weighted by molar-refractivity contribution is 9.11. The summed E-state index contributed by atoms with van der Waals surface area (Å²) >= 11 is 11.3. The quantitative estimate of drug-likeness (QED) is 0.892. The molecule has 2 aromatic rings. The fourth-order valence-corrected chi connectivity index (χ4v) is 5.09. The van der Waals surface area contributed by atoms with E-state index in [-0.39, 0.29) is 4.21 Å². The van der Waals surface area contributed by atoms with E-state index in [0.29, 0.717) is 9.47 Å². The van der Waals surface area contributed by atoms with Gasteiger partial charge in [0.25, 0.3) is 10.0 Å². The molecule has 0 saturated carbocycles. The first-order valence-electron chi connectivity index (χ1n) is 4.28. The van der Waals surface area contributed by atoms with Crippen molar-refractivity contribution in [3.05, 3.63) is 25.9 Å². The number of sulfonamides is 1. The standard InChI is InChI=1S/C8H6BrClN2O2S3/c1-4-2-6(16-7(4)10)17(13,14)12-8-11-3-5(9)15-8/h2-3H,1H3,(H,11,12). The highest BCUT2D eigenvalue weighted by atomic mass is 79.9. The van der Waals surface area contributed by atoms with Crippen molar-refractivity contribution in [2.45, 2.75) is 11.1 Å². The minimum atomic E-state index is -3.59. The van der Waals surface area contributed by atoms with Crippen molar-refractivity contribution in [1.29, 1.82) is 0 Å². The van der Waals surface area contributed by atoms with E-state index in [2.05, 4.69) is 25.6 Å². The summed E-state index contributed by atoms with van der Waals surface area (Å²) in [6.07, 6.45) is 1.54. The second kappa shape index (κ2) is 4.85. The Morgan fingerprint density at radius 1 is 1.47 bits per heavy atom. The molecule has 2 aromatic heterocycles. The first kappa shape index (κ1) is 13.3. The molecule has 0 fully saturated rings. The maximum atomic E-state index is 12.0. The molecule has 0 aliphatic rings. The van der Waals surface area contributed by atoms with Crippen LogP contribution >= 0.6 is 50.2 Å². The van der Waals surface area contributed by atoms with Crippen LogP contribution in [-0.2, 0) is 10.0 Å². The minimum Gasteiger partial charge on any atom is -0.254 e. The van der Waals surface area contributed by atoms with E-state index < -0.39 is 10.0 Å². The second-order valence-electron chi connectivity index (χ2n) is 3.10. The molecule has 4 nitrogen and oxygen atoms in total. The summed E-state index contributed by atoms with van der Waals surface area (Å²) in [5, 5.41) is 0.319. The van der Waals surface area contributed by atoms with Crippen molar-refractivity contribution in [1.82, 2.24) is 4.98 Å². The van der Waals surface area contributed by atoms with Crippen molar-refractivity contribution in [3.8, 4) is 0 Å². The molecule has 1 N–H and O–H groups in total. The van der Waals surface area contributed by atoms with Crippen LogP contribution in [0.25, 0.3) is 0 Å². The average molecular weight is 374 g/mol. The van der Waals surface area contributed by atoms with Crippen molar-refractivity contribution < 1.29 is 8.42 Å². The maximum absolute atomic E-state index is 12.0. The number of hydrogen-bond donors (Lipinski definition) is 1. The van der Waals surface area contributed by atoms with Gasteiger partial charge in [0, 0.05) is 0 Å². The van der Waals surface area contributed by atoms with Gasteiger partial charge in [0.15, 0.2) is 5.13 Å². The smallest absolute Gasteiger partial charge is 0.254 e. The summed E-state index contributed by atoms with van der Waals surface area (Å²) in [5.74, 6) is 0. The first-order valence-corrected chi connectivity index (χ1v) is 8.57. The zero-order valence-electron chi connectivity index (χ0n) is 8.40. The Bertz CT molecular complexity index is 630. The predicted octanol–water partition coefficient (Wildman–Crippen LogP) is 3.73. The van der Waals surface area contributed by atoms with Crippen LogP contribution in [0.1, 0.15) is 5.56 Å². The van der Waals surface area contributed by atoms with Crippen LogP contribution in [0.3, 0.4) is 0 Å². The van der Waals surface area contributed by atoms with Gasteiger partial charge >= 0.3 is 0 Å². The largest absolute Gasteiger partial charge is 0.273 e. The van der Waals surface area contributed by atoms with Crippen molar-refractivity contribution in [2.75, 3.05) is 4.72 Å². The molecular formula is C8H6BrClN2O2S3. The van der Waals surface area contributed by atoms with Gasteiger partial charge in [0.2, 0.25) is 0 Å². The fraction of sp³-hybridized carbons (Fsp3) is 0.125. The third kappa shape index (κ3) is 3.00. The van der Waals surface area contributed by atoms with Crippen LogP contribution in [0.4, 0.5) is 5.13 Å². The molecule has 0 aromatic carbocycles. The van der Waals surface area contributed by atoms with Crippen molar-refractivity contribution >= 4 is 65.4 Å². The lowest BCUT2D eigenvalue weighted by Gasteiger charge is -2.01. The Hall–Kier alpha value is -0.150. The zero-order chi connectivity index (χ0) is 12.6. The summed E-state index contributed by atoms with van der Waals surface area (Å²) < 4.78 is 27.8. The van der Waals surface area contributed by atoms with E-state index in [1.807, 2.05) is 0 Å². The normalized spacial score (nSPS) is 11.7. The van der Waals surface area contributed by atoms with Gasteiger partial charge < -0.3 is 0 Å². The van der Waals surface area contributed by atoms with Crippen molar-refractivity contribution in [3.63, 3.8) is 0 Å². The maximum Gasteiger partial charge on any atom is 0.273 e. The number of thiophene rings is 1. The predicted molar refractivity (Wildman–Crippen MR) is 74.7 cm³/mol. The number of rotatable bonds is 3. The molecule has 0 atom stereocenters. The Kier molecular flexibility index (Phi) is 3.79. The summed E-state index contributed by atoms with van der Waals surface area (Å²) in [6, 6.07) is 1.54. The summed E-state index contributed by atoms with van der Waals surface area (Å²) in [5.41, 5.74) is 0.748. The summed E-state index contributed by atoms with van der Waals surface area (Å²) in [6.45, 7) is 1.76. The molecule has 0 saturated heterocycles. The lowest BCUT2D eigenvalue weighted by molar-refractivity contribution is 0.603. The van der Waals surface area contributed by atoms with Crippen molar-refractivity contribution in [2.24, 2.45) is 0 Å². The number of aryl methyl sites for hydroxylation is 1. The number of aromatic nitrogens is 1. The Balaban J connectivity index is 2.31. The monoisotopic (exact) mass is 372 g/mol. The Morgan fingerprint density at radius 3 is 2.65 bits per heavy atom. The number of hydrogen-bond acceptors (Lipinski definition) is 5. The lowest BCUT2D eigenvalue weighted by atomic mass is 10.4. The highest BCUT2D eigenvalue weighted by Crippen LogP contribution is 2.32. The Morgan fingerprint density at radius 2 is 2.18 bits per heavy atom. The lowest BCUT2D eigenvalue weighted by Crippen LogP contribution is -2.11. The van der Waals surface area contributed by atoms with Gasteiger partial charge in [-0.25, -0.2) is 13.4 Å². The van der Waals surface area contributed by atoms with E-state index >= 15 is 0 Å². The van der Waals surface area contributed by atoms with Crippen LogP contribution < -0.4 is 4.72 Å². The van der Waals surface area contributed by atoms with Gasteiger partial charge in [-0.2, -0.15) is 0 Å². The van der Waals surface area contributed by atoms with Gasteiger partial charge in [-0.3, -0.25) is 4.72 Å². The third-order valence-electron chi connectivity index (χ3n) is 1.80. The van der Waals surface area contributed by atoms with Gasteiger partial charge in [0.05, 0.1) is 14.3 Å². The average Bonchev–Trinajstić information content (AvgIpc) is 2.75. The molecule has 2 rings (SSSR count). The van der Waals surface area contributed by atoms with Crippen LogP contribution in [-0.4, -0.2) is 13.4 Å². The Labute approximate surface area is 120 Å². The third-order valence-corrected chi connectivity index (χ3v) is 6.69. The van der Waals surface area contributed by atoms with Crippen LogP contribution in [0, 0.1) is 6.92 Å². The first-order chi connectivity index (χ1) is 7.88. The number of thiazole rings is 1. The van der Waals surface area contributed by atoms with Crippen LogP contribution in [0.15, 0.2) is 20.3 Å². The van der Waals surface area contributed by atoms with E-state index in [9.17, 15) is 8.42 Å². The molecule has 0 spiro atoms. The zero-order valence-corrected chi connectivity index (χ0v) is 13.2. The van der Waals surface area contributed by atoms with Crippen LogP contribution in [0.5, 0.6) is 0 Å². The molecule has 0 aliphatic carbocycles. The van der Waals surface area contributed by atoms with Crippen LogP contribution in [0.2, 0.25) is 4.34 Å². The number of halogens is 2. The molecule has 0 unspecified atom stereocenters. The van der Waals surface area contributed by atoms with E-state index in [1.54, 1.807) is 6.92 Å². The molecule has 0 bridgehead atoms. The topological polar surface area (TPSA) is 59.1 Å². The SMILES string of the molecule is Cc1cc(S(=O)(=O)Nc2ncc(Br)s2)sc1Cl. The molecule has 9 heteroatoms. The molecule has 17 heavy (non-hydrogen) atoms. The van der Waals surface area contributed by atoms with Gasteiger partial charge in [0.1, 0.15) is 4.21 Å². The number of anilines is 1. The summed E-state index contributed by atoms with van der Waals surface area (Å²) in [4.78, 5) is 3.91. The highest BCUT2D eigenvalue weighted by Gasteiger charge is 2.19. The molecule has 92 valence electrons.